The summed E-state index contributed by atoms with van der Waals surface area (Å²) in [6.45, 7) is 3.20. The van der Waals surface area contributed by atoms with E-state index in [2.05, 4.69) is 5.32 Å². The zero-order valence-electron chi connectivity index (χ0n) is 18.8. The average Bonchev–Trinajstić information content (AvgIpc) is 3.39. The second-order valence-electron chi connectivity index (χ2n) is 7.99. The Morgan fingerprint density at radius 1 is 1.24 bits per heavy atom. The van der Waals surface area contributed by atoms with Crippen molar-refractivity contribution < 1.29 is 27.4 Å². The molecule has 10 heteroatoms. The van der Waals surface area contributed by atoms with Crippen LogP contribution in [-0.4, -0.2) is 25.1 Å². The number of fused-ring (bicyclic) bond motifs is 1. The van der Waals surface area contributed by atoms with E-state index in [1.54, 1.807) is 27.0 Å². The van der Waals surface area contributed by atoms with Crippen LogP contribution < -0.4 is 16.5 Å². The van der Waals surface area contributed by atoms with Crippen LogP contribution in [0.3, 0.4) is 0 Å². The molecule has 0 radical (unpaired) electrons. The van der Waals surface area contributed by atoms with Gasteiger partial charge in [0.1, 0.15) is 17.1 Å². The van der Waals surface area contributed by atoms with Gasteiger partial charge in [-0.1, -0.05) is 0 Å². The van der Waals surface area contributed by atoms with Gasteiger partial charge < -0.3 is 20.0 Å². The van der Waals surface area contributed by atoms with Gasteiger partial charge in [-0.3, -0.25) is 10.2 Å². The first-order valence-electron chi connectivity index (χ1n) is 10.4. The number of anilines is 1. The fourth-order valence-corrected chi connectivity index (χ4v) is 5.55. The van der Waals surface area contributed by atoms with Crippen LogP contribution in [0.4, 0.5) is 10.1 Å². The van der Waals surface area contributed by atoms with Crippen molar-refractivity contribution in [2.45, 2.75) is 30.2 Å². The number of carbonyl (C=O) groups is 1. The summed E-state index contributed by atoms with van der Waals surface area (Å²) in [5.74, 6) is -1.02. The summed E-state index contributed by atoms with van der Waals surface area (Å²) in [6.07, 6.45) is 2.69. The fourth-order valence-electron chi connectivity index (χ4n) is 3.89. The van der Waals surface area contributed by atoms with E-state index in [9.17, 15) is 17.6 Å². The number of sulfone groups is 1. The SMILES string of the molecule is Cc1cc(S(=O)(=O)c2cc(C(=O)NCc3c(F)ccc4occc34)n(C)c2C)cc(C=[NH2+])c1N. The average molecular weight is 484 g/mol. The van der Waals surface area contributed by atoms with Crippen molar-refractivity contribution in [3.63, 3.8) is 0 Å². The van der Waals surface area contributed by atoms with Gasteiger partial charge in [0.05, 0.1) is 21.6 Å². The summed E-state index contributed by atoms with van der Waals surface area (Å²) >= 11 is 0. The highest BCUT2D eigenvalue weighted by molar-refractivity contribution is 7.91. The lowest BCUT2D eigenvalue weighted by Crippen LogP contribution is -2.30. The number of nitrogens with one attached hydrogen (secondary N) is 1. The van der Waals surface area contributed by atoms with Crippen LogP contribution in [0.1, 0.15) is 32.9 Å². The number of furan rings is 1. The smallest absolute Gasteiger partial charge is 0.268 e. The van der Waals surface area contributed by atoms with Crippen molar-refractivity contribution in [1.82, 2.24) is 9.88 Å². The normalized spacial score (nSPS) is 11.6. The summed E-state index contributed by atoms with van der Waals surface area (Å²) in [5.41, 5.74) is 8.61. The monoisotopic (exact) mass is 483 g/mol. The van der Waals surface area contributed by atoms with Crippen LogP contribution >= 0.6 is 0 Å². The quantitative estimate of drug-likeness (QED) is 0.285. The van der Waals surface area contributed by atoms with Crippen molar-refractivity contribution in [2.75, 3.05) is 5.73 Å². The van der Waals surface area contributed by atoms with Gasteiger partial charge >= 0.3 is 0 Å². The molecule has 0 saturated carbocycles. The number of nitrogens with zero attached hydrogens (tertiary/aromatic N) is 1. The summed E-state index contributed by atoms with van der Waals surface area (Å²) < 4.78 is 48.0. The van der Waals surface area contributed by atoms with Gasteiger partial charge in [0, 0.05) is 35.9 Å². The van der Waals surface area contributed by atoms with Crippen LogP contribution in [0.25, 0.3) is 11.0 Å². The molecule has 8 nitrogen and oxygen atoms in total. The van der Waals surface area contributed by atoms with E-state index in [1.807, 2.05) is 0 Å². The van der Waals surface area contributed by atoms with Crippen molar-refractivity contribution >= 4 is 38.6 Å². The van der Waals surface area contributed by atoms with Crippen LogP contribution in [0.2, 0.25) is 0 Å². The molecule has 2 heterocycles. The maximum absolute atomic E-state index is 14.4. The summed E-state index contributed by atoms with van der Waals surface area (Å²) in [4.78, 5) is 12.9. The minimum absolute atomic E-state index is 0.0181. The lowest BCUT2D eigenvalue weighted by Gasteiger charge is -2.09. The zero-order valence-corrected chi connectivity index (χ0v) is 19.7. The molecule has 34 heavy (non-hydrogen) atoms. The molecule has 0 aliphatic rings. The number of carbonyl (C=O) groups excluding carboxylic acids is 1. The first-order valence-corrected chi connectivity index (χ1v) is 11.8. The Labute approximate surface area is 195 Å². The number of hydrogen-bond acceptors (Lipinski definition) is 5. The van der Waals surface area contributed by atoms with Crippen LogP contribution in [0.15, 0.2) is 56.9 Å². The molecule has 0 saturated heterocycles. The van der Waals surface area contributed by atoms with Gasteiger partial charge in [-0.25, -0.2) is 12.8 Å². The Morgan fingerprint density at radius 2 is 1.97 bits per heavy atom. The lowest BCUT2D eigenvalue weighted by atomic mass is 10.1. The molecule has 0 atom stereocenters. The minimum atomic E-state index is -3.98. The number of rotatable bonds is 6. The molecular formula is C24H24FN4O4S+. The third kappa shape index (κ3) is 3.75. The molecule has 0 spiro atoms. The Balaban J connectivity index is 1.67. The third-order valence-electron chi connectivity index (χ3n) is 6.01. The highest BCUT2D eigenvalue weighted by Crippen LogP contribution is 2.30. The molecule has 0 unspecified atom stereocenters. The lowest BCUT2D eigenvalue weighted by molar-refractivity contribution is -0.104. The maximum Gasteiger partial charge on any atom is 0.268 e. The predicted molar refractivity (Wildman–Crippen MR) is 126 cm³/mol. The van der Waals surface area contributed by atoms with Gasteiger partial charge in [0.2, 0.25) is 9.84 Å². The Hall–Kier alpha value is -3.92. The van der Waals surface area contributed by atoms with E-state index in [0.717, 1.165) is 0 Å². The highest BCUT2D eigenvalue weighted by atomic mass is 32.2. The summed E-state index contributed by atoms with van der Waals surface area (Å²) in [5, 5.41) is 8.82. The molecule has 2 aromatic carbocycles. The minimum Gasteiger partial charge on any atom is -0.464 e. The van der Waals surface area contributed by atoms with E-state index in [4.69, 9.17) is 15.6 Å². The number of amides is 1. The number of aromatic nitrogens is 1. The number of hydrogen-bond donors (Lipinski definition) is 3. The molecule has 176 valence electrons. The van der Waals surface area contributed by atoms with Crippen molar-refractivity contribution in [2.24, 2.45) is 7.05 Å². The molecule has 0 bridgehead atoms. The van der Waals surface area contributed by atoms with Crippen LogP contribution in [-0.2, 0) is 23.4 Å². The topological polar surface area (TPSA) is 133 Å². The molecule has 5 N–H and O–H groups in total. The number of benzene rings is 2. The fraction of sp³-hybridized carbons (Fsp3) is 0.167. The predicted octanol–water partition coefficient (Wildman–Crippen LogP) is 2.05. The second kappa shape index (κ2) is 8.45. The first kappa shape index (κ1) is 23.2. The van der Waals surface area contributed by atoms with E-state index in [1.165, 1.54) is 47.4 Å². The summed E-state index contributed by atoms with van der Waals surface area (Å²) in [6, 6.07) is 8.59. The molecule has 1 amide bonds. The van der Waals surface area contributed by atoms with Crippen molar-refractivity contribution in [3.8, 4) is 0 Å². The molecule has 0 aliphatic heterocycles. The highest BCUT2D eigenvalue weighted by Gasteiger charge is 2.27. The van der Waals surface area contributed by atoms with Crippen molar-refractivity contribution in [3.05, 3.63) is 76.6 Å². The Kier molecular flexibility index (Phi) is 5.78. The standard InChI is InChI=1S/C24H23FN4O4S/c1-13-8-16(9-15(11-26)23(13)27)34(31,32)22-10-20(29(3)14(22)2)24(30)28-12-18-17-6-7-33-21(17)5-4-19(18)25/h4-11,26H,12,27H2,1-3H3,(H,28,30)/p+1. The number of nitrogen functional groups attached to an aromatic ring is 1. The summed E-state index contributed by atoms with van der Waals surface area (Å²) in [7, 11) is -2.38. The second-order valence-corrected chi connectivity index (χ2v) is 9.91. The molecule has 2 aromatic heterocycles. The molecule has 4 aromatic rings. The van der Waals surface area contributed by atoms with E-state index in [-0.39, 0.29) is 27.6 Å². The van der Waals surface area contributed by atoms with Crippen LogP contribution in [0, 0.1) is 19.7 Å². The van der Waals surface area contributed by atoms with E-state index >= 15 is 0 Å². The van der Waals surface area contributed by atoms with Crippen molar-refractivity contribution in [1.29, 1.82) is 0 Å². The number of aryl methyl sites for hydroxylation is 1. The van der Waals surface area contributed by atoms with Gasteiger partial charge in [-0.2, -0.15) is 0 Å². The van der Waals surface area contributed by atoms with Crippen LogP contribution in [0.5, 0.6) is 0 Å². The first-order chi connectivity index (χ1) is 16.1. The molecule has 0 aliphatic carbocycles. The molecular weight excluding hydrogens is 459 g/mol. The van der Waals surface area contributed by atoms with Gasteiger partial charge in [0.25, 0.3) is 5.91 Å². The zero-order chi connectivity index (χ0) is 24.8. The largest absolute Gasteiger partial charge is 0.464 e. The van der Waals surface area contributed by atoms with Gasteiger partial charge in [-0.05, 0) is 55.8 Å². The van der Waals surface area contributed by atoms with E-state index in [0.29, 0.717) is 33.5 Å². The number of halogens is 1. The Bertz CT molecular complexity index is 1570. The van der Waals surface area contributed by atoms with Gasteiger partial charge in [0.15, 0.2) is 6.21 Å². The maximum atomic E-state index is 14.4. The molecule has 0 fully saturated rings. The third-order valence-corrected chi connectivity index (χ3v) is 7.86. The Morgan fingerprint density at radius 3 is 2.68 bits per heavy atom. The number of nitrogens with two attached hydrogens (primary N) is 2. The van der Waals surface area contributed by atoms with Gasteiger partial charge in [-0.15, -0.1) is 0 Å². The molecule has 4 rings (SSSR count). The van der Waals surface area contributed by atoms with E-state index < -0.39 is 21.6 Å².